The van der Waals surface area contributed by atoms with E-state index in [0.717, 1.165) is 32.4 Å². The molecule has 2 fully saturated rings. The average molecular weight is 215 g/mol. The van der Waals surface area contributed by atoms with Crippen molar-refractivity contribution >= 4 is 0 Å². The second-order valence-electron chi connectivity index (χ2n) is 4.67. The van der Waals surface area contributed by atoms with E-state index in [4.69, 9.17) is 4.74 Å². The van der Waals surface area contributed by atoms with Crippen LogP contribution in [0.1, 0.15) is 46.0 Å². The molecule has 3 unspecified atom stereocenters. The largest absolute Gasteiger partial charge is 0.347 e. The molecule has 1 saturated carbocycles. The lowest BCUT2D eigenvalue weighted by molar-refractivity contribution is 0.0772. The molecule has 0 aromatic carbocycles. The number of likely N-dealkylation sites (N-methyl/N-ethyl adjacent to an activating group) is 1. The van der Waals surface area contributed by atoms with E-state index in [1.165, 1.54) is 6.42 Å². The molecule has 1 aliphatic carbocycles. The first-order chi connectivity index (χ1) is 7.24. The van der Waals surface area contributed by atoms with Gasteiger partial charge in [-0.2, -0.15) is 0 Å². The predicted octanol–water partition coefficient (Wildman–Crippen LogP) is 2.73. The van der Waals surface area contributed by atoms with Gasteiger partial charge in [-0.25, -0.2) is 4.39 Å². The molecule has 1 saturated heterocycles. The molecule has 0 spiro atoms. The van der Waals surface area contributed by atoms with E-state index in [-0.39, 0.29) is 11.8 Å². The summed E-state index contributed by atoms with van der Waals surface area (Å²) < 4.78 is 19.5. The number of alkyl halides is 1. The third kappa shape index (κ3) is 1.92. The van der Waals surface area contributed by atoms with Crippen molar-refractivity contribution in [2.24, 2.45) is 0 Å². The van der Waals surface area contributed by atoms with Gasteiger partial charge in [0.05, 0.1) is 0 Å². The number of epoxide rings is 1. The SMILES string of the molecule is CCN(CC)C12CCCCCC(F)C1O2. The Hall–Kier alpha value is -0.150. The van der Waals surface area contributed by atoms with Crippen molar-refractivity contribution < 1.29 is 9.13 Å². The van der Waals surface area contributed by atoms with Gasteiger partial charge in [-0.05, 0) is 32.4 Å². The topological polar surface area (TPSA) is 15.8 Å². The number of ether oxygens (including phenoxy) is 1. The molecule has 88 valence electrons. The zero-order chi connectivity index (χ0) is 10.9. The molecule has 2 nitrogen and oxygen atoms in total. The van der Waals surface area contributed by atoms with E-state index in [9.17, 15) is 4.39 Å². The normalized spacial score (nSPS) is 40.8. The molecule has 0 radical (unpaired) electrons. The van der Waals surface area contributed by atoms with Crippen molar-refractivity contribution in [3.05, 3.63) is 0 Å². The first-order valence-electron chi connectivity index (χ1n) is 6.31. The van der Waals surface area contributed by atoms with Crippen LogP contribution in [0.15, 0.2) is 0 Å². The molecule has 3 heteroatoms. The van der Waals surface area contributed by atoms with E-state index < -0.39 is 6.17 Å². The standard InChI is InChI=1S/C12H22FNO/c1-3-14(4-2)12-9-7-5-6-8-10(13)11(12)15-12/h10-11H,3-9H2,1-2H3. The number of fused-ring (bicyclic) bond motifs is 1. The van der Waals surface area contributed by atoms with Crippen molar-refractivity contribution in [2.45, 2.75) is 64.0 Å². The fourth-order valence-electron chi connectivity index (χ4n) is 2.96. The Bertz CT molecular complexity index is 220. The minimum Gasteiger partial charge on any atom is -0.347 e. The molecule has 0 N–H and O–H groups in total. The highest BCUT2D eigenvalue weighted by Crippen LogP contribution is 2.48. The third-order valence-electron chi connectivity index (χ3n) is 3.86. The maximum absolute atomic E-state index is 13.8. The molecule has 0 amide bonds. The summed E-state index contributed by atoms with van der Waals surface area (Å²) in [6, 6.07) is 0. The quantitative estimate of drug-likeness (QED) is 0.673. The Balaban J connectivity index is 2.07. The molecule has 2 rings (SSSR count). The first-order valence-corrected chi connectivity index (χ1v) is 6.31. The van der Waals surface area contributed by atoms with Crippen LogP contribution >= 0.6 is 0 Å². The van der Waals surface area contributed by atoms with Gasteiger partial charge >= 0.3 is 0 Å². The molecule has 1 heterocycles. The van der Waals surface area contributed by atoms with E-state index in [1.807, 2.05) is 0 Å². The molecule has 15 heavy (non-hydrogen) atoms. The highest BCUT2D eigenvalue weighted by atomic mass is 19.1. The van der Waals surface area contributed by atoms with Crippen molar-refractivity contribution in [1.29, 1.82) is 0 Å². The summed E-state index contributed by atoms with van der Waals surface area (Å²) in [7, 11) is 0. The van der Waals surface area contributed by atoms with Crippen LogP contribution < -0.4 is 0 Å². The maximum atomic E-state index is 13.8. The van der Waals surface area contributed by atoms with Crippen LogP contribution in [0.25, 0.3) is 0 Å². The summed E-state index contributed by atoms with van der Waals surface area (Å²) in [5, 5.41) is 0. The summed E-state index contributed by atoms with van der Waals surface area (Å²) in [5.41, 5.74) is -0.233. The first kappa shape index (κ1) is 11.3. The molecular formula is C12H22FNO. The third-order valence-corrected chi connectivity index (χ3v) is 3.86. The Kier molecular flexibility index (Phi) is 3.31. The highest BCUT2D eigenvalue weighted by molar-refractivity contribution is 5.06. The number of hydrogen-bond donors (Lipinski definition) is 0. The van der Waals surface area contributed by atoms with Gasteiger partial charge in [-0.1, -0.05) is 26.7 Å². The lowest BCUT2D eigenvalue weighted by Crippen LogP contribution is -2.42. The van der Waals surface area contributed by atoms with Gasteiger partial charge in [0.25, 0.3) is 0 Å². The fourth-order valence-corrected chi connectivity index (χ4v) is 2.96. The van der Waals surface area contributed by atoms with Crippen LogP contribution in [0.5, 0.6) is 0 Å². The van der Waals surface area contributed by atoms with Crippen molar-refractivity contribution in [2.75, 3.05) is 13.1 Å². The Labute approximate surface area is 91.8 Å². The van der Waals surface area contributed by atoms with Gasteiger partial charge in [0.1, 0.15) is 12.3 Å². The summed E-state index contributed by atoms with van der Waals surface area (Å²) >= 11 is 0. The van der Waals surface area contributed by atoms with Gasteiger partial charge in [0, 0.05) is 0 Å². The van der Waals surface area contributed by atoms with E-state index in [0.29, 0.717) is 6.42 Å². The molecule has 3 atom stereocenters. The van der Waals surface area contributed by atoms with Crippen LogP contribution in [0, 0.1) is 0 Å². The zero-order valence-electron chi connectivity index (χ0n) is 9.84. The Morgan fingerprint density at radius 1 is 1.27 bits per heavy atom. The number of hydrogen-bond acceptors (Lipinski definition) is 2. The number of nitrogens with zero attached hydrogens (tertiary/aromatic N) is 1. The van der Waals surface area contributed by atoms with Crippen molar-refractivity contribution in [3.63, 3.8) is 0 Å². The summed E-state index contributed by atoms with van der Waals surface area (Å²) in [5.74, 6) is 0. The van der Waals surface area contributed by atoms with Gasteiger partial charge in [0.15, 0.2) is 5.72 Å². The second kappa shape index (κ2) is 4.38. The van der Waals surface area contributed by atoms with Gasteiger partial charge in [-0.3, -0.25) is 4.90 Å². The Morgan fingerprint density at radius 3 is 2.67 bits per heavy atom. The molecule has 0 aromatic rings. The maximum Gasteiger partial charge on any atom is 0.151 e. The lowest BCUT2D eigenvalue weighted by atomic mass is 9.94. The molecule has 2 aliphatic rings. The minimum absolute atomic E-state index is 0.141. The molecule has 1 aliphatic heterocycles. The highest BCUT2D eigenvalue weighted by Gasteiger charge is 2.62. The fraction of sp³-hybridized carbons (Fsp3) is 1.00. The Morgan fingerprint density at radius 2 is 2.00 bits per heavy atom. The van der Waals surface area contributed by atoms with E-state index in [2.05, 4.69) is 18.7 Å². The molecule has 0 bridgehead atoms. The van der Waals surface area contributed by atoms with Crippen molar-refractivity contribution in [1.82, 2.24) is 4.90 Å². The van der Waals surface area contributed by atoms with E-state index in [1.54, 1.807) is 0 Å². The number of rotatable bonds is 3. The zero-order valence-corrected chi connectivity index (χ0v) is 9.84. The molecular weight excluding hydrogens is 193 g/mol. The van der Waals surface area contributed by atoms with E-state index >= 15 is 0 Å². The van der Waals surface area contributed by atoms with Gasteiger partial charge in [-0.15, -0.1) is 0 Å². The van der Waals surface area contributed by atoms with Crippen LogP contribution in [0.2, 0.25) is 0 Å². The monoisotopic (exact) mass is 215 g/mol. The summed E-state index contributed by atoms with van der Waals surface area (Å²) in [6.07, 6.45) is 4.17. The number of halogens is 1. The summed E-state index contributed by atoms with van der Waals surface area (Å²) in [4.78, 5) is 2.29. The summed E-state index contributed by atoms with van der Waals surface area (Å²) in [6.45, 7) is 6.17. The van der Waals surface area contributed by atoms with Crippen LogP contribution in [-0.2, 0) is 4.74 Å². The van der Waals surface area contributed by atoms with Crippen molar-refractivity contribution in [3.8, 4) is 0 Å². The predicted molar refractivity (Wildman–Crippen MR) is 58.5 cm³/mol. The van der Waals surface area contributed by atoms with Crippen LogP contribution in [0.4, 0.5) is 4.39 Å². The minimum atomic E-state index is -0.745. The average Bonchev–Trinajstić information content (AvgIpc) is 2.92. The van der Waals surface area contributed by atoms with Crippen LogP contribution in [-0.4, -0.2) is 36.0 Å². The van der Waals surface area contributed by atoms with Gasteiger partial charge < -0.3 is 4.74 Å². The second-order valence-corrected chi connectivity index (χ2v) is 4.67. The lowest BCUT2D eigenvalue weighted by Gasteiger charge is -2.29. The van der Waals surface area contributed by atoms with Crippen LogP contribution in [0.3, 0.4) is 0 Å². The molecule has 0 aromatic heterocycles. The smallest absolute Gasteiger partial charge is 0.151 e. The van der Waals surface area contributed by atoms with Gasteiger partial charge in [0.2, 0.25) is 0 Å².